The summed E-state index contributed by atoms with van der Waals surface area (Å²) in [6.45, 7) is 6.11. The summed E-state index contributed by atoms with van der Waals surface area (Å²) in [4.78, 5) is 0. The van der Waals surface area contributed by atoms with Crippen LogP contribution in [0.25, 0.3) is 0 Å². The highest BCUT2D eigenvalue weighted by Gasteiger charge is 2.01. The van der Waals surface area contributed by atoms with Crippen LogP contribution in [-0.2, 0) is 6.42 Å². The normalized spacial score (nSPS) is 10.7. The minimum atomic E-state index is 0.470. The first-order valence-electron chi connectivity index (χ1n) is 5.24. The lowest BCUT2D eigenvalue weighted by atomic mass is 9.99. The molecular formula is C13H19N. The van der Waals surface area contributed by atoms with Crippen molar-refractivity contribution < 1.29 is 0 Å². The second-order valence-electron chi connectivity index (χ2n) is 3.16. The second-order valence-corrected chi connectivity index (χ2v) is 3.16. The van der Waals surface area contributed by atoms with Crippen molar-refractivity contribution >= 4 is 0 Å². The molecule has 0 fully saturated rings. The molecule has 0 saturated heterocycles. The second kappa shape index (κ2) is 8.31. The van der Waals surface area contributed by atoms with Crippen LogP contribution in [0.15, 0.2) is 30.3 Å². The smallest absolute Gasteiger partial charge is 0.0624 e. The van der Waals surface area contributed by atoms with Gasteiger partial charge in [-0.15, -0.1) is 0 Å². The first-order valence-corrected chi connectivity index (χ1v) is 5.24. The third-order valence-corrected chi connectivity index (χ3v) is 1.87. The van der Waals surface area contributed by atoms with Crippen LogP contribution in [0.2, 0.25) is 0 Å². The van der Waals surface area contributed by atoms with E-state index in [4.69, 9.17) is 5.26 Å². The van der Waals surface area contributed by atoms with Crippen molar-refractivity contribution in [3.63, 3.8) is 0 Å². The van der Waals surface area contributed by atoms with Gasteiger partial charge in [0.2, 0.25) is 0 Å². The number of hydrogen-bond acceptors (Lipinski definition) is 1. The monoisotopic (exact) mass is 189 g/mol. The summed E-state index contributed by atoms with van der Waals surface area (Å²) in [7, 11) is 0. The lowest BCUT2D eigenvalue weighted by molar-refractivity contribution is 0.596. The zero-order valence-electron chi connectivity index (χ0n) is 9.33. The predicted molar refractivity (Wildman–Crippen MR) is 60.9 cm³/mol. The van der Waals surface area contributed by atoms with Gasteiger partial charge in [0.05, 0.1) is 6.07 Å². The fourth-order valence-electron chi connectivity index (χ4n) is 1.24. The van der Waals surface area contributed by atoms with Gasteiger partial charge in [-0.05, 0) is 17.9 Å². The Morgan fingerprint density at radius 1 is 1.21 bits per heavy atom. The number of rotatable bonds is 3. The standard InChI is InChI=1S/C11H13N.C2H6/c1-10(7-8-12)9-11-5-3-2-4-6-11;1-2/h2-6,10H,7,9H2,1H3;1-2H3. The predicted octanol–water partition coefficient (Wildman–Crippen LogP) is 3.81. The molecule has 14 heavy (non-hydrogen) atoms. The molecule has 0 radical (unpaired) electrons. The Balaban J connectivity index is 0.000000791. The van der Waals surface area contributed by atoms with Gasteiger partial charge in [-0.25, -0.2) is 0 Å². The van der Waals surface area contributed by atoms with Crippen LogP contribution in [0.3, 0.4) is 0 Å². The molecule has 76 valence electrons. The third kappa shape index (κ3) is 5.37. The molecule has 0 aliphatic carbocycles. The fourth-order valence-corrected chi connectivity index (χ4v) is 1.24. The van der Waals surface area contributed by atoms with Crippen molar-refractivity contribution in [2.24, 2.45) is 5.92 Å². The Hall–Kier alpha value is -1.29. The van der Waals surface area contributed by atoms with Crippen LogP contribution in [0.5, 0.6) is 0 Å². The average molecular weight is 189 g/mol. The molecule has 0 spiro atoms. The zero-order valence-corrected chi connectivity index (χ0v) is 9.33. The largest absolute Gasteiger partial charge is 0.198 e. The van der Waals surface area contributed by atoms with E-state index in [9.17, 15) is 0 Å². The van der Waals surface area contributed by atoms with Gasteiger partial charge >= 0.3 is 0 Å². The van der Waals surface area contributed by atoms with E-state index in [1.54, 1.807) is 0 Å². The molecule has 0 heterocycles. The zero-order chi connectivity index (χ0) is 10.8. The Morgan fingerprint density at radius 2 is 1.79 bits per heavy atom. The number of nitrogens with zero attached hydrogens (tertiary/aromatic N) is 1. The molecule has 1 unspecified atom stereocenters. The van der Waals surface area contributed by atoms with Crippen molar-refractivity contribution in [1.29, 1.82) is 5.26 Å². The molecule has 0 amide bonds. The van der Waals surface area contributed by atoms with E-state index >= 15 is 0 Å². The van der Waals surface area contributed by atoms with Gasteiger partial charge < -0.3 is 0 Å². The van der Waals surface area contributed by atoms with Gasteiger partial charge in [-0.3, -0.25) is 0 Å². The Bertz CT molecular complexity index is 258. The van der Waals surface area contributed by atoms with Gasteiger partial charge in [0.25, 0.3) is 0 Å². The molecular weight excluding hydrogens is 170 g/mol. The Labute approximate surface area is 87.4 Å². The molecule has 1 atom stereocenters. The summed E-state index contributed by atoms with van der Waals surface area (Å²) >= 11 is 0. The van der Waals surface area contributed by atoms with Crippen LogP contribution in [-0.4, -0.2) is 0 Å². The highest BCUT2D eigenvalue weighted by molar-refractivity contribution is 5.15. The van der Waals surface area contributed by atoms with E-state index in [1.165, 1.54) is 5.56 Å². The van der Waals surface area contributed by atoms with Crippen molar-refractivity contribution in [3.8, 4) is 6.07 Å². The fraction of sp³-hybridized carbons (Fsp3) is 0.462. The summed E-state index contributed by atoms with van der Waals surface area (Å²) in [5, 5.41) is 8.46. The number of hydrogen-bond donors (Lipinski definition) is 0. The van der Waals surface area contributed by atoms with Gasteiger partial charge in [0, 0.05) is 6.42 Å². The lowest BCUT2D eigenvalue weighted by Gasteiger charge is -2.05. The highest BCUT2D eigenvalue weighted by atomic mass is 14.2. The van der Waals surface area contributed by atoms with Gasteiger partial charge in [0.1, 0.15) is 0 Å². The van der Waals surface area contributed by atoms with Crippen LogP contribution in [0.1, 0.15) is 32.8 Å². The molecule has 0 aliphatic rings. The minimum absolute atomic E-state index is 0.470. The van der Waals surface area contributed by atoms with E-state index in [0.29, 0.717) is 12.3 Å². The van der Waals surface area contributed by atoms with E-state index in [2.05, 4.69) is 25.1 Å². The maximum Gasteiger partial charge on any atom is 0.0624 e. The van der Waals surface area contributed by atoms with Crippen LogP contribution in [0, 0.1) is 17.2 Å². The molecule has 0 bridgehead atoms. The summed E-state index contributed by atoms with van der Waals surface area (Å²) in [6.07, 6.45) is 1.66. The topological polar surface area (TPSA) is 23.8 Å². The van der Waals surface area contributed by atoms with Crippen molar-refractivity contribution in [3.05, 3.63) is 35.9 Å². The first-order chi connectivity index (χ1) is 6.83. The summed E-state index contributed by atoms with van der Waals surface area (Å²) in [5.74, 6) is 0.470. The van der Waals surface area contributed by atoms with Gasteiger partial charge in [-0.2, -0.15) is 5.26 Å². The molecule has 1 heteroatoms. The van der Waals surface area contributed by atoms with Crippen molar-refractivity contribution in [1.82, 2.24) is 0 Å². The summed E-state index contributed by atoms with van der Waals surface area (Å²) in [5.41, 5.74) is 1.32. The Morgan fingerprint density at radius 3 is 2.29 bits per heavy atom. The minimum Gasteiger partial charge on any atom is -0.198 e. The maximum atomic E-state index is 8.46. The van der Waals surface area contributed by atoms with Crippen molar-refractivity contribution in [2.75, 3.05) is 0 Å². The molecule has 0 N–H and O–H groups in total. The molecule has 1 aromatic carbocycles. The van der Waals surface area contributed by atoms with E-state index < -0.39 is 0 Å². The third-order valence-electron chi connectivity index (χ3n) is 1.87. The van der Waals surface area contributed by atoms with Crippen LogP contribution in [0.4, 0.5) is 0 Å². The molecule has 0 aromatic heterocycles. The number of nitriles is 1. The summed E-state index contributed by atoms with van der Waals surface area (Å²) in [6, 6.07) is 12.5. The van der Waals surface area contributed by atoms with Crippen molar-refractivity contribution in [2.45, 2.75) is 33.6 Å². The van der Waals surface area contributed by atoms with Gasteiger partial charge in [0.15, 0.2) is 0 Å². The molecule has 0 aliphatic heterocycles. The maximum absolute atomic E-state index is 8.46. The summed E-state index contributed by atoms with van der Waals surface area (Å²) < 4.78 is 0. The van der Waals surface area contributed by atoms with Crippen LogP contribution < -0.4 is 0 Å². The Kier molecular flexibility index (Phi) is 7.55. The van der Waals surface area contributed by atoms with E-state index in [0.717, 1.165) is 6.42 Å². The average Bonchev–Trinajstić information content (AvgIpc) is 2.22. The first kappa shape index (κ1) is 12.7. The molecule has 1 rings (SSSR count). The lowest BCUT2D eigenvalue weighted by Crippen LogP contribution is -1.97. The molecule has 1 nitrogen and oxygen atoms in total. The van der Waals surface area contributed by atoms with E-state index in [-0.39, 0.29) is 0 Å². The quantitative estimate of drug-likeness (QED) is 0.709. The number of benzene rings is 1. The van der Waals surface area contributed by atoms with E-state index in [1.807, 2.05) is 32.0 Å². The van der Waals surface area contributed by atoms with Crippen LogP contribution >= 0.6 is 0 Å². The molecule has 0 saturated carbocycles. The highest BCUT2D eigenvalue weighted by Crippen LogP contribution is 2.10. The van der Waals surface area contributed by atoms with Gasteiger partial charge in [-0.1, -0.05) is 51.1 Å². The molecule has 1 aromatic rings. The SMILES string of the molecule is CC.CC(CC#N)Cc1ccccc1.